The van der Waals surface area contributed by atoms with Crippen molar-refractivity contribution in [3.63, 3.8) is 0 Å². The molecule has 0 aliphatic rings. The molecule has 3 aromatic carbocycles. The number of hydrogen-bond acceptors (Lipinski definition) is 7. The lowest BCUT2D eigenvalue weighted by Gasteiger charge is -2.22. The molecule has 7 heteroatoms. The Morgan fingerprint density at radius 3 is 2.38 bits per heavy atom. The molecule has 1 unspecified atom stereocenters. The number of carbonyl (C=O) groups is 1. The molecular weight excluding hydrogens is 472 g/mol. The number of esters is 1. The van der Waals surface area contributed by atoms with Crippen molar-refractivity contribution >= 4 is 16.9 Å². The highest BCUT2D eigenvalue weighted by molar-refractivity contribution is 5.85. The van der Waals surface area contributed by atoms with Crippen molar-refractivity contribution in [2.45, 2.75) is 38.7 Å². The summed E-state index contributed by atoms with van der Waals surface area (Å²) in [6.45, 7) is 4.49. The third-order valence-corrected chi connectivity index (χ3v) is 6.40. The third-order valence-electron chi connectivity index (χ3n) is 6.40. The van der Waals surface area contributed by atoms with Crippen LogP contribution in [0.2, 0.25) is 0 Å². The number of carbonyl (C=O) groups excluding carboxylic acids is 1. The molecular formula is C30H30O7. The fourth-order valence-electron chi connectivity index (χ4n) is 4.35. The lowest BCUT2D eigenvalue weighted by atomic mass is 9.87. The summed E-state index contributed by atoms with van der Waals surface area (Å²) in [5, 5.41) is 11.5. The number of fused-ring (bicyclic) bond motifs is 1. The van der Waals surface area contributed by atoms with Gasteiger partial charge in [-0.25, -0.2) is 4.79 Å². The maximum absolute atomic E-state index is 13.1. The minimum atomic E-state index is -0.915. The van der Waals surface area contributed by atoms with Gasteiger partial charge in [0.2, 0.25) is 0 Å². The van der Waals surface area contributed by atoms with Crippen LogP contribution in [0.3, 0.4) is 0 Å². The first-order valence-electron chi connectivity index (χ1n) is 12.0. The van der Waals surface area contributed by atoms with E-state index in [0.29, 0.717) is 28.4 Å². The van der Waals surface area contributed by atoms with Gasteiger partial charge in [0.25, 0.3) is 0 Å². The molecule has 4 aromatic rings. The van der Waals surface area contributed by atoms with Crippen molar-refractivity contribution in [1.29, 1.82) is 0 Å². The van der Waals surface area contributed by atoms with Crippen molar-refractivity contribution in [2.24, 2.45) is 0 Å². The second kappa shape index (κ2) is 11.2. The smallest absolute Gasteiger partial charge is 0.343 e. The maximum Gasteiger partial charge on any atom is 0.343 e. The van der Waals surface area contributed by atoms with E-state index in [1.807, 2.05) is 12.1 Å². The van der Waals surface area contributed by atoms with Crippen LogP contribution in [0.15, 0.2) is 75.9 Å². The fraction of sp³-hybridized carbons (Fsp3) is 0.267. The summed E-state index contributed by atoms with van der Waals surface area (Å²) in [6.07, 6.45) is -0.222. The van der Waals surface area contributed by atoms with E-state index in [0.717, 1.165) is 5.56 Å². The van der Waals surface area contributed by atoms with Crippen LogP contribution in [-0.2, 0) is 16.1 Å². The van der Waals surface area contributed by atoms with Crippen LogP contribution in [0.5, 0.6) is 17.2 Å². The van der Waals surface area contributed by atoms with E-state index in [-0.39, 0.29) is 29.9 Å². The molecule has 192 valence electrons. The molecule has 37 heavy (non-hydrogen) atoms. The third kappa shape index (κ3) is 5.45. The molecule has 0 aliphatic carbocycles. The standard InChI is InChI=1S/C30H30O7/c1-18(2)20-14-12-19(13-15-20)17-36-29-21(9-7-11-25(29)34-3)23(16-26(31)35-4)27-28(32)22-8-5-6-10-24(22)37-30(27)33/h5-15,18,23,32H,16-17H2,1-4H3. The number of benzene rings is 3. The van der Waals surface area contributed by atoms with Gasteiger partial charge in [0.1, 0.15) is 17.9 Å². The molecule has 0 radical (unpaired) electrons. The summed E-state index contributed by atoms with van der Waals surface area (Å²) in [6, 6.07) is 20.0. The van der Waals surface area contributed by atoms with Crippen molar-refractivity contribution in [3.8, 4) is 17.2 Å². The van der Waals surface area contributed by atoms with E-state index >= 15 is 0 Å². The van der Waals surface area contributed by atoms with Crippen LogP contribution in [0.25, 0.3) is 11.0 Å². The van der Waals surface area contributed by atoms with Gasteiger partial charge in [-0.05, 0) is 35.2 Å². The van der Waals surface area contributed by atoms with E-state index in [2.05, 4.69) is 26.0 Å². The Kier molecular flexibility index (Phi) is 7.82. The summed E-state index contributed by atoms with van der Waals surface area (Å²) in [5.74, 6) is -0.527. The van der Waals surface area contributed by atoms with Gasteiger partial charge >= 0.3 is 11.6 Å². The van der Waals surface area contributed by atoms with Gasteiger partial charge in [0, 0.05) is 11.5 Å². The predicted molar refractivity (Wildman–Crippen MR) is 140 cm³/mol. The number of ether oxygens (including phenoxy) is 3. The van der Waals surface area contributed by atoms with Crippen molar-refractivity contribution in [1.82, 2.24) is 0 Å². The molecule has 0 bridgehead atoms. The zero-order chi connectivity index (χ0) is 26.5. The molecule has 4 rings (SSSR count). The Morgan fingerprint density at radius 2 is 1.70 bits per heavy atom. The van der Waals surface area contributed by atoms with E-state index in [4.69, 9.17) is 18.6 Å². The zero-order valence-corrected chi connectivity index (χ0v) is 21.3. The molecule has 0 spiro atoms. The number of hydrogen-bond donors (Lipinski definition) is 1. The van der Waals surface area contributed by atoms with Gasteiger partial charge in [-0.3, -0.25) is 4.79 Å². The van der Waals surface area contributed by atoms with Crippen LogP contribution in [0.4, 0.5) is 0 Å². The quantitative estimate of drug-likeness (QED) is 0.225. The first-order valence-corrected chi connectivity index (χ1v) is 12.0. The van der Waals surface area contributed by atoms with Crippen molar-refractivity contribution in [2.75, 3.05) is 14.2 Å². The Balaban J connectivity index is 1.82. The van der Waals surface area contributed by atoms with Crippen LogP contribution < -0.4 is 15.1 Å². The minimum Gasteiger partial charge on any atom is -0.507 e. The van der Waals surface area contributed by atoms with Gasteiger partial charge in [0.15, 0.2) is 11.5 Å². The van der Waals surface area contributed by atoms with Gasteiger partial charge in [-0.15, -0.1) is 0 Å². The summed E-state index contributed by atoms with van der Waals surface area (Å²) < 4.78 is 22.2. The molecule has 7 nitrogen and oxygen atoms in total. The SMILES string of the molecule is COC(=O)CC(c1cccc(OC)c1OCc1ccc(C(C)C)cc1)c1c(O)c2ccccc2oc1=O. The maximum atomic E-state index is 13.1. The Labute approximate surface area is 215 Å². The number of rotatable bonds is 9. The van der Waals surface area contributed by atoms with E-state index in [1.54, 1.807) is 42.5 Å². The summed E-state index contributed by atoms with van der Waals surface area (Å²) in [7, 11) is 2.78. The fourth-order valence-corrected chi connectivity index (χ4v) is 4.35. The van der Waals surface area contributed by atoms with Gasteiger partial charge < -0.3 is 23.7 Å². The highest BCUT2D eigenvalue weighted by Crippen LogP contribution is 2.43. The summed E-state index contributed by atoms with van der Waals surface area (Å²) in [5.41, 5.74) is 2.10. The number of para-hydroxylation sites is 2. The predicted octanol–water partition coefficient (Wildman–Crippen LogP) is 5.90. The first-order chi connectivity index (χ1) is 17.8. The van der Waals surface area contributed by atoms with Gasteiger partial charge in [0.05, 0.1) is 31.6 Å². The average molecular weight is 503 g/mol. The molecule has 0 fully saturated rings. The van der Waals surface area contributed by atoms with Crippen LogP contribution in [-0.4, -0.2) is 25.3 Å². The molecule has 1 N–H and O–H groups in total. The molecule has 1 heterocycles. The van der Waals surface area contributed by atoms with Gasteiger partial charge in [-0.2, -0.15) is 0 Å². The molecule has 1 atom stereocenters. The largest absolute Gasteiger partial charge is 0.507 e. The zero-order valence-electron chi connectivity index (χ0n) is 21.3. The van der Waals surface area contributed by atoms with Crippen molar-refractivity contribution < 1.29 is 28.5 Å². The summed E-state index contributed by atoms with van der Waals surface area (Å²) >= 11 is 0. The molecule has 1 aromatic heterocycles. The average Bonchev–Trinajstić information content (AvgIpc) is 2.91. The Hall–Kier alpha value is -4.26. The number of aromatic hydroxyl groups is 1. The van der Waals surface area contributed by atoms with Gasteiger partial charge in [-0.1, -0.05) is 62.4 Å². The molecule has 0 aliphatic heterocycles. The first kappa shape index (κ1) is 25.8. The normalized spacial score (nSPS) is 11.9. The van der Waals surface area contributed by atoms with E-state index in [9.17, 15) is 14.7 Å². The number of methoxy groups -OCH3 is 2. The molecule has 0 saturated heterocycles. The Bertz CT molecular complexity index is 1450. The second-order valence-corrected chi connectivity index (χ2v) is 9.04. The highest BCUT2D eigenvalue weighted by atomic mass is 16.5. The molecule has 0 saturated carbocycles. The minimum absolute atomic E-state index is 0.0523. The van der Waals surface area contributed by atoms with Crippen molar-refractivity contribution in [3.05, 3.63) is 99.4 Å². The van der Waals surface area contributed by atoms with E-state index in [1.165, 1.54) is 19.8 Å². The topological polar surface area (TPSA) is 95.2 Å². The van der Waals surface area contributed by atoms with Crippen LogP contribution in [0.1, 0.15) is 54.4 Å². The monoisotopic (exact) mass is 502 g/mol. The highest BCUT2D eigenvalue weighted by Gasteiger charge is 2.31. The molecule has 0 amide bonds. The Morgan fingerprint density at radius 1 is 0.973 bits per heavy atom. The lowest BCUT2D eigenvalue weighted by molar-refractivity contribution is -0.140. The van der Waals surface area contributed by atoms with E-state index < -0.39 is 17.5 Å². The lowest BCUT2D eigenvalue weighted by Crippen LogP contribution is -2.19. The second-order valence-electron chi connectivity index (χ2n) is 9.04. The summed E-state index contributed by atoms with van der Waals surface area (Å²) in [4.78, 5) is 25.6. The van der Waals surface area contributed by atoms with Crippen LogP contribution >= 0.6 is 0 Å². The van der Waals surface area contributed by atoms with Crippen LogP contribution in [0, 0.1) is 0 Å².